The van der Waals surface area contributed by atoms with Gasteiger partial charge >= 0.3 is 5.97 Å². The molecule has 0 aromatic rings. The van der Waals surface area contributed by atoms with Crippen LogP contribution in [0.1, 0.15) is 44.9 Å². The molecule has 80 valence electrons. The van der Waals surface area contributed by atoms with Gasteiger partial charge < -0.3 is 10.4 Å². The monoisotopic (exact) mass is 197 g/mol. The molecule has 1 saturated carbocycles. The molecule has 0 bridgehead atoms. The van der Waals surface area contributed by atoms with Crippen LogP contribution < -0.4 is 5.32 Å². The normalized spacial score (nSPS) is 31.6. The van der Waals surface area contributed by atoms with E-state index in [-0.39, 0.29) is 11.5 Å². The SMILES string of the molecule is O=C(O)C1CCNC12CCCCCC2. The Bertz CT molecular complexity index is 219. The first-order valence-electron chi connectivity index (χ1n) is 5.72. The zero-order valence-corrected chi connectivity index (χ0v) is 8.59. The third kappa shape index (κ3) is 1.65. The van der Waals surface area contributed by atoms with Crippen LogP contribution in [0, 0.1) is 5.92 Å². The molecule has 1 heterocycles. The summed E-state index contributed by atoms with van der Waals surface area (Å²) in [5.41, 5.74) is -0.0532. The van der Waals surface area contributed by atoms with E-state index in [1.165, 1.54) is 25.7 Å². The van der Waals surface area contributed by atoms with E-state index < -0.39 is 5.97 Å². The van der Waals surface area contributed by atoms with E-state index in [4.69, 9.17) is 0 Å². The summed E-state index contributed by atoms with van der Waals surface area (Å²) < 4.78 is 0. The van der Waals surface area contributed by atoms with E-state index >= 15 is 0 Å². The molecule has 2 fully saturated rings. The smallest absolute Gasteiger partial charge is 0.308 e. The van der Waals surface area contributed by atoms with Gasteiger partial charge in [0.15, 0.2) is 0 Å². The molecule has 3 heteroatoms. The molecule has 1 unspecified atom stereocenters. The van der Waals surface area contributed by atoms with Gasteiger partial charge in [-0.2, -0.15) is 0 Å². The van der Waals surface area contributed by atoms with Crippen molar-refractivity contribution >= 4 is 5.97 Å². The molecule has 1 saturated heterocycles. The van der Waals surface area contributed by atoms with E-state index in [0.717, 1.165) is 25.8 Å². The third-order valence-electron chi connectivity index (χ3n) is 3.87. The van der Waals surface area contributed by atoms with Gasteiger partial charge in [-0.15, -0.1) is 0 Å². The Balaban J connectivity index is 2.14. The molecule has 0 aromatic carbocycles. The lowest BCUT2D eigenvalue weighted by atomic mass is 9.79. The van der Waals surface area contributed by atoms with Gasteiger partial charge in [0.1, 0.15) is 0 Å². The van der Waals surface area contributed by atoms with Crippen LogP contribution >= 0.6 is 0 Å². The summed E-state index contributed by atoms with van der Waals surface area (Å²) in [4.78, 5) is 11.1. The number of nitrogens with one attached hydrogen (secondary N) is 1. The van der Waals surface area contributed by atoms with Crippen LogP contribution in [-0.2, 0) is 4.79 Å². The lowest BCUT2D eigenvalue weighted by Gasteiger charge is -2.32. The molecule has 1 aliphatic carbocycles. The first kappa shape index (κ1) is 9.97. The van der Waals surface area contributed by atoms with Crippen LogP contribution in [0.5, 0.6) is 0 Å². The number of carboxylic acid groups (broad SMARTS) is 1. The van der Waals surface area contributed by atoms with Crippen LogP contribution in [0.25, 0.3) is 0 Å². The zero-order chi connectivity index (χ0) is 10.0. The lowest BCUT2D eigenvalue weighted by molar-refractivity contribution is -0.143. The molecule has 2 N–H and O–H groups in total. The van der Waals surface area contributed by atoms with Gasteiger partial charge in [-0.3, -0.25) is 4.79 Å². The van der Waals surface area contributed by atoms with E-state index in [0.29, 0.717) is 0 Å². The molecule has 2 rings (SSSR count). The zero-order valence-electron chi connectivity index (χ0n) is 8.59. The average Bonchev–Trinajstić information content (AvgIpc) is 2.39. The minimum atomic E-state index is -0.600. The summed E-state index contributed by atoms with van der Waals surface area (Å²) in [6, 6.07) is 0. The van der Waals surface area contributed by atoms with Crippen LogP contribution in [0.3, 0.4) is 0 Å². The molecule has 1 spiro atoms. The third-order valence-corrected chi connectivity index (χ3v) is 3.87. The Kier molecular flexibility index (Phi) is 2.77. The first-order valence-corrected chi connectivity index (χ1v) is 5.72. The molecule has 2 aliphatic rings. The van der Waals surface area contributed by atoms with Crippen molar-refractivity contribution in [2.75, 3.05) is 6.54 Å². The maximum Gasteiger partial charge on any atom is 0.308 e. The summed E-state index contributed by atoms with van der Waals surface area (Å²) >= 11 is 0. The fraction of sp³-hybridized carbons (Fsp3) is 0.909. The lowest BCUT2D eigenvalue weighted by Crippen LogP contribution is -2.47. The first-order chi connectivity index (χ1) is 6.75. The fourth-order valence-electron chi connectivity index (χ4n) is 3.11. The molecule has 1 atom stereocenters. The number of carbonyl (C=O) groups is 1. The Morgan fingerprint density at radius 1 is 1.21 bits per heavy atom. The molecule has 14 heavy (non-hydrogen) atoms. The van der Waals surface area contributed by atoms with Crippen molar-refractivity contribution in [2.24, 2.45) is 5.92 Å². The van der Waals surface area contributed by atoms with Crippen LogP contribution in [0.2, 0.25) is 0 Å². The van der Waals surface area contributed by atoms with Crippen molar-refractivity contribution < 1.29 is 9.90 Å². The predicted octanol–water partition coefficient (Wildman–Crippen LogP) is 1.77. The van der Waals surface area contributed by atoms with Crippen LogP contribution in [0.15, 0.2) is 0 Å². The van der Waals surface area contributed by atoms with Gasteiger partial charge in [0.05, 0.1) is 5.92 Å². The maximum absolute atomic E-state index is 11.1. The summed E-state index contributed by atoms with van der Waals surface area (Å²) in [5.74, 6) is -0.738. The van der Waals surface area contributed by atoms with Crippen molar-refractivity contribution in [2.45, 2.75) is 50.5 Å². The highest BCUT2D eigenvalue weighted by Gasteiger charge is 2.46. The molecule has 0 amide bonds. The molecule has 1 aliphatic heterocycles. The Morgan fingerprint density at radius 3 is 2.43 bits per heavy atom. The molecule has 0 radical (unpaired) electrons. The van der Waals surface area contributed by atoms with Crippen molar-refractivity contribution in [1.29, 1.82) is 0 Å². The molecule has 0 aromatic heterocycles. The summed E-state index contributed by atoms with van der Waals surface area (Å²) in [6.45, 7) is 0.886. The van der Waals surface area contributed by atoms with E-state index in [1.54, 1.807) is 0 Å². The van der Waals surface area contributed by atoms with Crippen molar-refractivity contribution in [3.63, 3.8) is 0 Å². The highest BCUT2D eigenvalue weighted by Crippen LogP contribution is 2.38. The van der Waals surface area contributed by atoms with Gasteiger partial charge in [0.2, 0.25) is 0 Å². The quantitative estimate of drug-likeness (QED) is 0.673. The second kappa shape index (κ2) is 3.89. The van der Waals surface area contributed by atoms with Crippen LogP contribution in [0.4, 0.5) is 0 Å². The standard InChI is InChI=1S/C11H19NO2/c13-10(14)9-5-8-12-11(9)6-3-1-2-4-7-11/h9,12H,1-8H2,(H,13,14). The minimum Gasteiger partial charge on any atom is -0.481 e. The second-order valence-electron chi connectivity index (χ2n) is 4.68. The van der Waals surface area contributed by atoms with Crippen molar-refractivity contribution in [1.82, 2.24) is 5.32 Å². The topological polar surface area (TPSA) is 49.3 Å². The number of hydrogen-bond acceptors (Lipinski definition) is 2. The molecule has 3 nitrogen and oxygen atoms in total. The van der Waals surface area contributed by atoms with Crippen molar-refractivity contribution in [3.8, 4) is 0 Å². The number of hydrogen-bond donors (Lipinski definition) is 2. The summed E-state index contributed by atoms with van der Waals surface area (Å²) in [6.07, 6.45) is 7.86. The summed E-state index contributed by atoms with van der Waals surface area (Å²) in [7, 11) is 0. The van der Waals surface area contributed by atoms with Gasteiger partial charge in [-0.05, 0) is 25.8 Å². The van der Waals surface area contributed by atoms with Gasteiger partial charge in [-0.1, -0.05) is 25.7 Å². The van der Waals surface area contributed by atoms with Gasteiger partial charge in [0, 0.05) is 5.54 Å². The number of carboxylic acids is 1. The highest BCUT2D eigenvalue weighted by molar-refractivity contribution is 5.72. The highest BCUT2D eigenvalue weighted by atomic mass is 16.4. The Labute approximate surface area is 84.9 Å². The average molecular weight is 197 g/mol. The summed E-state index contributed by atoms with van der Waals surface area (Å²) in [5, 5.41) is 12.6. The van der Waals surface area contributed by atoms with Crippen LogP contribution in [-0.4, -0.2) is 23.2 Å². The maximum atomic E-state index is 11.1. The van der Waals surface area contributed by atoms with Gasteiger partial charge in [-0.25, -0.2) is 0 Å². The molecular formula is C11H19NO2. The minimum absolute atomic E-state index is 0.0532. The number of rotatable bonds is 1. The number of aliphatic carboxylic acids is 1. The Morgan fingerprint density at radius 2 is 1.86 bits per heavy atom. The van der Waals surface area contributed by atoms with E-state index in [9.17, 15) is 9.90 Å². The second-order valence-corrected chi connectivity index (χ2v) is 4.68. The predicted molar refractivity (Wildman–Crippen MR) is 54.2 cm³/mol. The van der Waals surface area contributed by atoms with Gasteiger partial charge in [0.25, 0.3) is 0 Å². The van der Waals surface area contributed by atoms with E-state index in [2.05, 4.69) is 5.32 Å². The van der Waals surface area contributed by atoms with E-state index in [1.807, 2.05) is 0 Å². The molecular weight excluding hydrogens is 178 g/mol. The van der Waals surface area contributed by atoms with Crippen molar-refractivity contribution in [3.05, 3.63) is 0 Å². The fourth-order valence-corrected chi connectivity index (χ4v) is 3.11. The Hall–Kier alpha value is -0.570. The largest absolute Gasteiger partial charge is 0.481 e.